The zero-order valence-electron chi connectivity index (χ0n) is 10.2. The van der Waals surface area contributed by atoms with Gasteiger partial charge in [0.2, 0.25) is 5.91 Å². The van der Waals surface area contributed by atoms with Gasteiger partial charge >= 0.3 is 5.97 Å². The second-order valence-electron chi connectivity index (χ2n) is 3.68. The van der Waals surface area contributed by atoms with Gasteiger partial charge in [0, 0.05) is 6.54 Å². The van der Waals surface area contributed by atoms with E-state index in [9.17, 15) is 9.59 Å². The molecule has 0 atom stereocenters. The van der Waals surface area contributed by atoms with Gasteiger partial charge in [0.1, 0.15) is 12.2 Å². The number of carboxylic acids is 1. The van der Waals surface area contributed by atoms with Crippen LogP contribution in [-0.4, -0.2) is 38.5 Å². The van der Waals surface area contributed by atoms with Crippen LogP contribution in [0.15, 0.2) is 17.5 Å². The Labute approximate surface area is 112 Å². The van der Waals surface area contributed by atoms with Gasteiger partial charge in [0.05, 0.1) is 4.88 Å². The first-order chi connectivity index (χ1) is 9.13. The van der Waals surface area contributed by atoms with Crippen molar-refractivity contribution in [3.8, 4) is 10.6 Å². The molecular formula is C11H12N4O3S. The number of nitrogens with zero attached hydrogens (tertiary/aromatic N) is 3. The molecule has 0 aliphatic rings. The summed E-state index contributed by atoms with van der Waals surface area (Å²) in [4.78, 5) is 23.4. The van der Waals surface area contributed by atoms with Crippen molar-refractivity contribution in [3.63, 3.8) is 0 Å². The summed E-state index contributed by atoms with van der Waals surface area (Å²) < 4.78 is 1.31. The van der Waals surface area contributed by atoms with Crippen LogP contribution in [0.5, 0.6) is 0 Å². The van der Waals surface area contributed by atoms with Crippen molar-refractivity contribution in [3.05, 3.63) is 23.2 Å². The minimum Gasteiger partial charge on any atom is -0.476 e. The van der Waals surface area contributed by atoms with Crippen LogP contribution in [0, 0.1) is 0 Å². The molecule has 7 nitrogen and oxygen atoms in total. The van der Waals surface area contributed by atoms with Crippen molar-refractivity contribution < 1.29 is 14.7 Å². The summed E-state index contributed by atoms with van der Waals surface area (Å²) in [6.07, 6.45) is 0. The Morgan fingerprint density at radius 1 is 1.53 bits per heavy atom. The van der Waals surface area contributed by atoms with Gasteiger partial charge in [-0.05, 0) is 18.4 Å². The fourth-order valence-corrected chi connectivity index (χ4v) is 2.39. The lowest BCUT2D eigenvalue weighted by atomic mass is 10.2. The van der Waals surface area contributed by atoms with Crippen LogP contribution in [0.25, 0.3) is 10.6 Å². The quantitative estimate of drug-likeness (QED) is 0.846. The number of hydrogen-bond acceptors (Lipinski definition) is 5. The van der Waals surface area contributed by atoms with Crippen molar-refractivity contribution in [2.75, 3.05) is 6.54 Å². The first-order valence-corrected chi connectivity index (χ1v) is 6.48. The molecule has 19 heavy (non-hydrogen) atoms. The Hall–Kier alpha value is -2.22. The number of likely N-dealkylation sites (N-methyl/N-ethyl adjacent to an activating group) is 1. The molecule has 1 amide bonds. The van der Waals surface area contributed by atoms with E-state index in [1.165, 1.54) is 16.0 Å². The maximum atomic E-state index is 11.6. The van der Waals surface area contributed by atoms with Gasteiger partial charge in [-0.25, -0.2) is 9.48 Å². The molecule has 2 N–H and O–H groups in total. The number of rotatable bonds is 5. The molecule has 0 aliphatic carbocycles. The van der Waals surface area contributed by atoms with Crippen LogP contribution in [0.1, 0.15) is 17.4 Å². The highest BCUT2D eigenvalue weighted by atomic mass is 32.1. The molecule has 100 valence electrons. The average molecular weight is 280 g/mol. The Morgan fingerprint density at radius 3 is 2.89 bits per heavy atom. The molecule has 0 saturated heterocycles. The Kier molecular flexibility index (Phi) is 3.91. The zero-order chi connectivity index (χ0) is 13.8. The van der Waals surface area contributed by atoms with Gasteiger partial charge in [0.25, 0.3) is 0 Å². The second-order valence-corrected chi connectivity index (χ2v) is 4.63. The van der Waals surface area contributed by atoms with Gasteiger partial charge in [-0.15, -0.1) is 16.4 Å². The molecule has 2 aromatic rings. The van der Waals surface area contributed by atoms with Crippen LogP contribution < -0.4 is 5.32 Å². The van der Waals surface area contributed by atoms with Crippen molar-refractivity contribution in [1.82, 2.24) is 20.3 Å². The summed E-state index contributed by atoms with van der Waals surface area (Å²) in [5.41, 5.74) is 0.209. The molecule has 0 unspecified atom stereocenters. The van der Waals surface area contributed by atoms with E-state index in [0.717, 1.165) is 0 Å². The van der Waals surface area contributed by atoms with Gasteiger partial charge in [-0.3, -0.25) is 4.79 Å². The van der Waals surface area contributed by atoms with E-state index < -0.39 is 5.97 Å². The van der Waals surface area contributed by atoms with E-state index >= 15 is 0 Å². The maximum Gasteiger partial charge on any atom is 0.358 e. The number of carboxylic acid groups (broad SMARTS) is 1. The number of aromatic nitrogens is 3. The number of amides is 1. The normalized spacial score (nSPS) is 10.4. The van der Waals surface area contributed by atoms with Gasteiger partial charge in [-0.1, -0.05) is 11.3 Å². The molecule has 2 rings (SSSR count). The fraction of sp³-hybridized carbons (Fsp3) is 0.273. The number of carbonyl (C=O) groups is 2. The first-order valence-electron chi connectivity index (χ1n) is 5.60. The highest BCUT2D eigenvalue weighted by Crippen LogP contribution is 2.26. The van der Waals surface area contributed by atoms with Crippen molar-refractivity contribution >= 4 is 23.2 Å². The lowest BCUT2D eigenvalue weighted by Gasteiger charge is -2.05. The van der Waals surface area contributed by atoms with Crippen LogP contribution in [-0.2, 0) is 11.3 Å². The van der Waals surface area contributed by atoms with E-state index in [1.807, 2.05) is 12.3 Å². The van der Waals surface area contributed by atoms with Crippen LogP contribution in [0.2, 0.25) is 0 Å². The van der Waals surface area contributed by atoms with Crippen LogP contribution in [0.3, 0.4) is 0 Å². The third-order valence-electron chi connectivity index (χ3n) is 2.36. The third kappa shape index (κ3) is 2.79. The molecule has 2 heterocycles. The van der Waals surface area contributed by atoms with Gasteiger partial charge in [-0.2, -0.15) is 0 Å². The summed E-state index contributed by atoms with van der Waals surface area (Å²) in [6.45, 7) is 2.26. The molecule has 8 heteroatoms. The molecule has 0 saturated carbocycles. The summed E-state index contributed by atoms with van der Waals surface area (Å²) in [7, 11) is 0. The topological polar surface area (TPSA) is 97.1 Å². The molecule has 0 aliphatic heterocycles. The van der Waals surface area contributed by atoms with Crippen molar-refractivity contribution in [2.45, 2.75) is 13.5 Å². The smallest absolute Gasteiger partial charge is 0.358 e. The highest BCUT2D eigenvalue weighted by molar-refractivity contribution is 7.13. The van der Waals surface area contributed by atoms with Crippen molar-refractivity contribution in [2.24, 2.45) is 0 Å². The summed E-state index contributed by atoms with van der Waals surface area (Å²) >= 11 is 1.37. The van der Waals surface area contributed by atoms with Gasteiger partial charge in [0.15, 0.2) is 5.69 Å². The predicted octanol–water partition coefficient (Wildman–Crippen LogP) is 0.841. The Bertz CT molecular complexity index is 591. The predicted molar refractivity (Wildman–Crippen MR) is 69.0 cm³/mol. The molecule has 0 radical (unpaired) electrons. The van der Waals surface area contributed by atoms with E-state index in [1.54, 1.807) is 12.1 Å². The molecule has 0 fully saturated rings. The van der Waals surface area contributed by atoms with E-state index in [0.29, 0.717) is 17.1 Å². The SMILES string of the molecule is CCNC(=O)Cn1nnc(C(=O)O)c1-c1cccs1. The molecule has 0 aromatic carbocycles. The number of nitrogens with one attached hydrogen (secondary N) is 1. The molecule has 0 bridgehead atoms. The standard InChI is InChI=1S/C11H12N4O3S/c1-2-12-8(16)6-15-10(7-4-3-5-19-7)9(11(17)18)13-14-15/h3-5H,2,6H2,1H3,(H,12,16)(H,17,18). The highest BCUT2D eigenvalue weighted by Gasteiger charge is 2.22. The van der Waals surface area contributed by atoms with Crippen LogP contribution in [0.4, 0.5) is 0 Å². The maximum absolute atomic E-state index is 11.6. The van der Waals surface area contributed by atoms with Gasteiger partial charge < -0.3 is 10.4 Å². The minimum atomic E-state index is -1.16. The molecule has 2 aromatic heterocycles. The Morgan fingerprint density at radius 2 is 2.32 bits per heavy atom. The first kappa shape index (κ1) is 13.2. The largest absolute Gasteiger partial charge is 0.476 e. The average Bonchev–Trinajstić information content (AvgIpc) is 2.96. The number of aromatic carboxylic acids is 1. The van der Waals surface area contributed by atoms with E-state index in [2.05, 4.69) is 15.6 Å². The molecule has 0 spiro atoms. The lowest BCUT2D eigenvalue weighted by molar-refractivity contribution is -0.121. The zero-order valence-corrected chi connectivity index (χ0v) is 11.0. The number of thiophene rings is 1. The monoisotopic (exact) mass is 280 g/mol. The van der Waals surface area contributed by atoms with E-state index in [4.69, 9.17) is 5.11 Å². The number of carbonyl (C=O) groups excluding carboxylic acids is 1. The fourth-order valence-electron chi connectivity index (χ4n) is 1.61. The number of hydrogen-bond donors (Lipinski definition) is 2. The summed E-state index contributed by atoms with van der Waals surface area (Å²) in [6, 6.07) is 3.57. The Balaban J connectivity index is 2.39. The summed E-state index contributed by atoms with van der Waals surface area (Å²) in [5.74, 6) is -1.40. The molecular weight excluding hydrogens is 268 g/mol. The summed E-state index contributed by atoms with van der Waals surface area (Å²) in [5, 5.41) is 20.9. The second kappa shape index (κ2) is 5.61. The lowest BCUT2D eigenvalue weighted by Crippen LogP contribution is -2.27. The van der Waals surface area contributed by atoms with Crippen LogP contribution >= 0.6 is 11.3 Å². The van der Waals surface area contributed by atoms with Crippen molar-refractivity contribution in [1.29, 1.82) is 0 Å². The third-order valence-corrected chi connectivity index (χ3v) is 3.24. The minimum absolute atomic E-state index is 0.0542. The van der Waals surface area contributed by atoms with E-state index in [-0.39, 0.29) is 18.1 Å².